The van der Waals surface area contributed by atoms with Crippen molar-refractivity contribution in [2.24, 2.45) is 11.7 Å². The number of likely N-dealkylation sites (N-methyl/N-ethyl adjacent to an activating group) is 1. The molecule has 2 N–H and O–H groups in total. The van der Waals surface area contributed by atoms with E-state index < -0.39 is 5.91 Å². The van der Waals surface area contributed by atoms with Crippen LogP contribution >= 0.6 is 0 Å². The lowest BCUT2D eigenvalue weighted by atomic mass is 9.52. The molecule has 3 aliphatic rings. The fourth-order valence-corrected chi connectivity index (χ4v) is 5.19. The number of fused-ring (bicyclic) bond motifs is 1. The monoisotopic (exact) mass is 298 g/mol. The summed E-state index contributed by atoms with van der Waals surface area (Å²) >= 11 is 0. The summed E-state index contributed by atoms with van der Waals surface area (Å²) in [5, 5.41) is 0. The summed E-state index contributed by atoms with van der Waals surface area (Å²) < 4.78 is 0. The van der Waals surface area contributed by atoms with Gasteiger partial charge in [-0.15, -0.1) is 0 Å². The van der Waals surface area contributed by atoms with Crippen molar-refractivity contribution >= 4 is 11.7 Å². The van der Waals surface area contributed by atoms with Crippen molar-refractivity contribution in [3.63, 3.8) is 0 Å². The number of ketones is 1. The second-order valence-electron chi connectivity index (χ2n) is 7.17. The lowest BCUT2D eigenvalue weighted by molar-refractivity contribution is 0.00840. The van der Waals surface area contributed by atoms with Crippen LogP contribution in [0.15, 0.2) is 18.2 Å². The molecule has 0 radical (unpaired) electrons. The maximum Gasteiger partial charge on any atom is 0.248 e. The summed E-state index contributed by atoms with van der Waals surface area (Å²) in [5.74, 6) is 0.216. The van der Waals surface area contributed by atoms with Gasteiger partial charge in [-0.25, -0.2) is 0 Å². The van der Waals surface area contributed by atoms with Gasteiger partial charge < -0.3 is 5.73 Å². The van der Waals surface area contributed by atoms with Gasteiger partial charge in [-0.2, -0.15) is 0 Å². The van der Waals surface area contributed by atoms with E-state index in [4.69, 9.17) is 5.73 Å². The van der Waals surface area contributed by atoms with Crippen molar-refractivity contribution in [2.75, 3.05) is 13.6 Å². The summed E-state index contributed by atoms with van der Waals surface area (Å²) in [6, 6.07) is 5.46. The van der Waals surface area contributed by atoms with Gasteiger partial charge in [0.15, 0.2) is 5.78 Å². The number of nitrogens with two attached hydrogens (primary N) is 1. The lowest BCUT2D eigenvalue weighted by Crippen LogP contribution is -2.62. The van der Waals surface area contributed by atoms with Crippen LogP contribution < -0.4 is 5.73 Å². The molecule has 1 amide bonds. The SMILES string of the molecule is CN1CC[C@@]23CCCC[C@H]2[C@@H]1C(=O)c1ccc(C(N)=O)cc13. The minimum Gasteiger partial charge on any atom is -0.366 e. The lowest BCUT2D eigenvalue weighted by Gasteiger charge is -2.57. The van der Waals surface area contributed by atoms with E-state index in [1.807, 2.05) is 12.1 Å². The van der Waals surface area contributed by atoms with Crippen molar-refractivity contribution in [1.82, 2.24) is 4.90 Å². The number of primary amides is 1. The highest BCUT2D eigenvalue weighted by atomic mass is 16.1. The molecule has 22 heavy (non-hydrogen) atoms. The maximum atomic E-state index is 13.0. The second-order valence-corrected chi connectivity index (χ2v) is 7.17. The first kappa shape index (κ1) is 13.9. The highest BCUT2D eigenvalue weighted by Gasteiger charge is 2.56. The van der Waals surface area contributed by atoms with Gasteiger partial charge in [0, 0.05) is 16.5 Å². The van der Waals surface area contributed by atoms with Crippen LogP contribution in [-0.2, 0) is 5.41 Å². The van der Waals surface area contributed by atoms with Crippen LogP contribution in [0.5, 0.6) is 0 Å². The number of carbonyl (C=O) groups is 2. The minimum absolute atomic E-state index is 0.0148. The molecule has 0 aromatic heterocycles. The van der Waals surface area contributed by atoms with Gasteiger partial charge in [-0.05, 0) is 56.5 Å². The summed E-state index contributed by atoms with van der Waals surface area (Å²) in [7, 11) is 2.07. The average Bonchev–Trinajstić information content (AvgIpc) is 2.53. The maximum absolute atomic E-state index is 13.0. The van der Waals surface area contributed by atoms with Crippen LogP contribution in [0.3, 0.4) is 0 Å². The Kier molecular flexibility index (Phi) is 2.95. The largest absolute Gasteiger partial charge is 0.366 e. The van der Waals surface area contributed by atoms with Gasteiger partial charge in [0.2, 0.25) is 5.91 Å². The first-order valence-corrected chi connectivity index (χ1v) is 8.23. The van der Waals surface area contributed by atoms with Crippen LogP contribution in [0.4, 0.5) is 0 Å². The number of hydrogen-bond acceptors (Lipinski definition) is 3. The van der Waals surface area contributed by atoms with Gasteiger partial charge in [0.05, 0.1) is 6.04 Å². The van der Waals surface area contributed by atoms with E-state index in [9.17, 15) is 9.59 Å². The van der Waals surface area contributed by atoms with Gasteiger partial charge in [0.25, 0.3) is 0 Å². The summed E-state index contributed by atoms with van der Waals surface area (Å²) in [6.45, 7) is 0.952. The second kappa shape index (κ2) is 4.66. The van der Waals surface area contributed by atoms with Crippen LogP contribution in [0.25, 0.3) is 0 Å². The topological polar surface area (TPSA) is 63.4 Å². The zero-order chi connectivity index (χ0) is 15.5. The number of rotatable bonds is 1. The number of hydrogen-bond donors (Lipinski definition) is 1. The molecule has 1 aromatic carbocycles. The Balaban J connectivity index is 1.96. The third kappa shape index (κ3) is 1.67. The first-order chi connectivity index (χ1) is 10.5. The number of benzene rings is 1. The molecular weight excluding hydrogens is 276 g/mol. The molecule has 3 atom stereocenters. The van der Waals surface area contributed by atoms with Gasteiger partial charge >= 0.3 is 0 Å². The Hall–Kier alpha value is -1.68. The number of piperidine rings is 1. The predicted octanol–water partition coefficient (Wildman–Crippen LogP) is 2.11. The highest BCUT2D eigenvalue weighted by molar-refractivity contribution is 6.05. The molecular formula is C18H22N2O2. The van der Waals surface area contributed by atoms with Gasteiger partial charge in [-0.1, -0.05) is 18.9 Å². The van der Waals surface area contributed by atoms with Crippen molar-refractivity contribution in [3.05, 3.63) is 34.9 Å². The summed E-state index contributed by atoms with van der Waals surface area (Å²) in [6.07, 6.45) is 5.73. The molecule has 1 aliphatic heterocycles. The van der Waals surface area contributed by atoms with Crippen molar-refractivity contribution in [3.8, 4) is 0 Å². The van der Waals surface area contributed by atoms with E-state index in [0.29, 0.717) is 11.5 Å². The standard InChI is InChI=1S/C18H22N2O2/c1-20-9-8-18-7-3-2-4-13(18)15(20)16(21)12-6-5-11(17(19)22)10-14(12)18/h5-6,10,13,15H,2-4,7-9H2,1H3,(H2,19,22)/t13-,15+,18-/m0/s1. The summed E-state index contributed by atoms with van der Waals surface area (Å²) in [5.41, 5.74) is 7.99. The van der Waals surface area contributed by atoms with E-state index in [1.165, 1.54) is 12.8 Å². The molecule has 1 heterocycles. The Bertz CT molecular complexity index is 669. The molecule has 2 fully saturated rings. The molecule has 0 spiro atoms. The molecule has 1 aromatic rings. The van der Waals surface area contributed by atoms with Gasteiger partial charge in [-0.3, -0.25) is 14.5 Å². The molecule has 2 bridgehead atoms. The Morgan fingerprint density at radius 1 is 1.32 bits per heavy atom. The minimum atomic E-state index is -0.408. The van der Waals surface area contributed by atoms with Crippen LogP contribution in [0.1, 0.15) is 58.4 Å². The molecule has 116 valence electrons. The van der Waals surface area contributed by atoms with Gasteiger partial charge in [0.1, 0.15) is 0 Å². The molecule has 4 rings (SSSR count). The number of carbonyl (C=O) groups excluding carboxylic acids is 2. The third-order valence-electron chi connectivity index (χ3n) is 6.24. The molecule has 1 saturated heterocycles. The first-order valence-electron chi connectivity index (χ1n) is 8.23. The zero-order valence-electron chi connectivity index (χ0n) is 13.0. The fourth-order valence-electron chi connectivity index (χ4n) is 5.19. The Morgan fingerprint density at radius 2 is 2.14 bits per heavy atom. The van der Waals surface area contributed by atoms with Crippen LogP contribution in [-0.4, -0.2) is 36.2 Å². The molecule has 1 saturated carbocycles. The number of Topliss-reactive ketones (excluding diaryl/α,β-unsaturated/α-hetero) is 1. The Labute approximate surface area is 130 Å². The van der Waals surface area contributed by atoms with E-state index >= 15 is 0 Å². The smallest absolute Gasteiger partial charge is 0.248 e. The highest BCUT2D eigenvalue weighted by Crippen LogP contribution is 2.55. The number of likely N-dealkylation sites (tertiary alicyclic amines) is 1. The van der Waals surface area contributed by atoms with Crippen LogP contribution in [0.2, 0.25) is 0 Å². The van der Waals surface area contributed by atoms with Crippen molar-refractivity contribution < 1.29 is 9.59 Å². The normalized spacial score (nSPS) is 34.0. The van der Waals surface area contributed by atoms with E-state index in [2.05, 4.69) is 11.9 Å². The van der Waals surface area contributed by atoms with Crippen molar-refractivity contribution in [1.29, 1.82) is 0 Å². The molecule has 0 unspecified atom stereocenters. The molecule has 2 aliphatic carbocycles. The number of amides is 1. The predicted molar refractivity (Wildman–Crippen MR) is 84.0 cm³/mol. The third-order valence-corrected chi connectivity index (χ3v) is 6.24. The van der Waals surface area contributed by atoms with E-state index in [-0.39, 0.29) is 17.2 Å². The number of nitrogens with zero attached hydrogens (tertiary/aromatic N) is 1. The fraction of sp³-hybridized carbons (Fsp3) is 0.556. The molecule has 4 heteroatoms. The summed E-state index contributed by atoms with van der Waals surface area (Å²) in [4.78, 5) is 26.8. The van der Waals surface area contributed by atoms with E-state index in [1.54, 1.807) is 6.07 Å². The van der Waals surface area contributed by atoms with Crippen LogP contribution in [0, 0.1) is 5.92 Å². The van der Waals surface area contributed by atoms with E-state index in [0.717, 1.165) is 36.9 Å². The molecule has 4 nitrogen and oxygen atoms in total. The van der Waals surface area contributed by atoms with Crippen molar-refractivity contribution in [2.45, 2.75) is 43.6 Å². The zero-order valence-corrected chi connectivity index (χ0v) is 13.0. The average molecular weight is 298 g/mol. The quantitative estimate of drug-likeness (QED) is 0.863. The Morgan fingerprint density at radius 3 is 2.91 bits per heavy atom.